The molecular formula is C17H18N2O3. The third-order valence-electron chi connectivity index (χ3n) is 3.39. The van der Waals surface area contributed by atoms with Crippen molar-refractivity contribution in [3.05, 3.63) is 40.6 Å². The maximum absolute atomic E-state index is 11.8. The topological polar surface area (TPSA) is 55.6 Å². The van der Waals surface area contributed by atoms with E-state index in [1.54, 1.807) is 0 Å². The van der Waals surface area contributed by atoms with Crippen molar-refractivity contribution in [1.82, 2.24) is 4.98 Å². The van der Waals surface area contributed by atoms with Crippen LogP contribution in [-0.2, 0) is 0 Å². The molecular weight excluding hydrogens is 280 g/mol. The minimum Gasteiger partial charge on any atom is -0.491 e. The lowest BCUT2D eigenvalue weighted by molar-refractivity contribution is 0.316. The largest absolute Gasteiger partial charge is 0.491 e. The third kappa shape index (κ3) is 2.62. The van der Waals surface area contributed by atoms with Crippen LogP contribution in [0.4, 0.5) is 5.69 Å². The van der Waals surface area contributed by atoms with E-state index in [4.69, 9.17) is 9.15 Å². The summed E-state index contributed by atoms with van der Waals surface area (Å²) in [4.78, 5) is 18.4. The van der Waals surface area contributed by atoms with Crippen LogP contribution in [0.2, 0.25) is 0 Å². The van der Waals surface area contributed by atoms with Crippen LogP contribution in [0.25, 0.3) is 22.6 Å². The average Bonchev–Trinajstić information content (AvgIpc) is 2.50. The Balaban J connectivity index is 2.22. The van der Waals surface area contributed by atoms with Gasteiger partial charge in [-0.2, -0.15) is 0 Å². The van der Waals surface area contributed by atoms with E-state index < -0.39 is 0 Å². The molecule has 0 N–H and O–H groups in total. The molecule has 0 radical (unpaired) electrons. The first kappa shape index (κ1) is 14.4. The molecule has 0 bridgehead atoms. The van der Waals surface area contributed by atoms with Crippen LogP contribution < -0.4 is 15.1 Å². The number of ether oxygens (including phenoxy) is 1. The summed E-state index contributed by atoms with van der Waals surface area (Å²) in [5.41, 5.74) is 2.83. The number of hydrogen-bond acceptors (Lipinski definition) is 5. The normalized spacial score (nSPS) is 11.0. The first-order valence-electron chi connectivity index (χ1n) is 7.27. The van der Waals surface area contributed by atoms with Crippen molar-refractivity contribution >= 4 is 16.8 Å². The van der Waals surface area contributed by atoms with Crippen molar-refractivity contribution < 1.29 is 9.15 Å². The van der Waals surface area contributed by atoms with Crippen LogP contribution in [0.15, 0.2) is 39.5 Å². The Kier molecular flexibility index (Phi) is 3.71. The summed E-state index contributed by atoms with van der Waals surface area (Å²) in [7, 11) is 3.92. The van der Waals surface area contributed by atoms with Crippen molar-refractivity contribution in [3.63, 3.8) is 0 Å². The number of hydrogen-bond donors (Lipinski definition) is 0. The second kappa shape index (κ2) is 5.67. The molecule has 0 amide bonds. The molecule has 0 saturated carbocycles. The fourth-order valence-electron chi connectivity index (χ4n) is 2.26. The SMILES string of the molecule is CCCOc1cc(=O)cc2oc3cc(N(C)C)ccc3nc1-2. The van der Waals surface area contributed by atoms with Gasteiger partial charge in [-0.3, -0.25) is 4.79 Å². The molecule has 5 nitrogen and oxygen atoms in total. The highest BCUT2D eigenvalue weighted by Gasteiger charge is 2.16. The number of benzene rings is 2. The molecule has 1 aromatic rings. The standard InChI is InChI=1S/C17H18N2O3/c1-4-7-21-15-9-12(20)10-16-17(15)18-13-6-5-11(19(2)3)8-14(13)22-16/h5-6,8-10H,4,7H2,1-3H3. The number of fused-ring (bicyclic) bond motifs is 2. The van der Waals surface area contributed by atoms with Crippen molar-refractivity contribution in [3.8, 4) is 17.2 Å². The molecule has 114 valence electrons. The minimum atomic E-state index is -0.146. The van der Waals surface area contributed by atoms with E-state index in [0.29, 0.717) is 29.4 Å². The molecule has 22 heavy (non-hydrogen) atoms. The van der Waals surface area contributed by atoms with Gasteiger partial charge in [0.15, 0.2) is 22.5 Å². The van der Waals surface area contributed by atoms with Crippen molar-refractivity contribution in [1.29, 1.82) is 0 Å². The maximum Gasteiger partial charge on any atom is 0.186 e. The van der Waals surface area contributed by atoms with Gasteiger partial charge in [0.2, 0.25) is 0 Å². The molecule has 5 heteroatoms. The molecule has 1 aliphatic heterocycles. The molecule has 1 aromatic carbocycles. The van der Waals surface area contributed by atoms with E-state index in [0.717, 1.165) is 17.6 Å². The van der Waals surface area contributed by atoms with E-state index in [2.05, 4.69) is 4.98 Å². The molecule has 3 rings (SSSR count). The smallest absolute Gasteiger partial charge is 0.186 e. The number of aromatic nitrogens is 1. The molecule has 1 aliphatic carbocycles. The number of nitrogens with zero attached hydrogens (tertiary/aromatic N) is 2. The van der Waals surface area contributed by atoms with E-state index >= 15 is 0 Å². The lowest BCUT2D eigenvalue weighted by Gasteiger charge is -2.14. The van der Waals surface area contributed by atoms with E-state index in [1.165, 1.54) is 12.1 Å². The van der Waals surface area contributed by atoms with Crippen molar-refractivity contribution in [2.75, 3.05) is 25.6 Å². The van der Waals surface area contributed by atoms with Gasteiger partial charge in [0.1, 0.15) is 11.2 Å². The summed E-state index contributed by atoms with van der Waals surface area (Å²) in [6.45, 7) is 2.55. The van der Waals surface area contributed by atoms with Gasteiger partial charge in [-0.15, -0.1) is 0 Å². The second-order valence-electron chi connectivity index (χ2n) is 5.38. The van der Waals surface area contributed by atoms with E-state index in [9.17, 15) is 4.79 Å². The zero-order chi connectivity index (χ0) is 15.7. The molecule has 0 atom stereocenters. The molecule has 2 aliphatic rings. The molecule has 1 heterocycles. The lowest BCUT2D eigenvalue weighted by atomic mass is 10.2. The van der Waals surface area contributed by atoms with Gasteiger partial charge in [0.25, 0.3) is 0 Å². The summed E-state index contributed by atoms with van der Waals surface area (Å²) in [5, 5.41) is 0. The summed E-state index contributed by atoms with van der Waals surface area (Å²) < 4.78 is 11.5. The summed E-state index contributed by atoms with van der Waals surface area (Å²) in [5.74, 6) is 0.925. The van der Waals surface area contributed by atoms with Gasteiger partial charge in [-0.1, -0.05) is 6.92 Å². The molecule has 0 fully saturated rings. The Morgan fingerprint density at radius 1 is 1.23 bits per heavy atom. The fourth-order valence-corrected chi connectivity index (χ4v) is 2.26. The Morgan fingerprint density at radius 2 is 2.05 bits per heavy atom. The Hall–Kier alpha value is -2.56. The lowest BCUT2D eigenvalue weighted by Crippen LogP contribution is -2.09. The van der Waals surface area contributed by atoms with Crippen molar-refractivity contribution in [2.24, 2.45) is 0 Å². The summed E-state index contributed by atoms with van der Waals surface area (Å²) in [6, 6.07) is 8.70. The first-order valence-corrected chi connectivity index (χ1v) is 7.27. The summed E-state index contributed by atoms with van der Waals surface area (Å²) >= 11 is 0. The highest BCUT2D eigenvalue weighted by atomic mass is 16.5. The Bertz CT molecular complexity index is 839. The van der Waals surface area contributed by atoms with Crippen LogP contribution in [0.1, 0.15) is 13.3 Å². The predicted octanol–water partition coefficient (Wildman–Crippen LogP) is 3.15. The van der Waals surface area contributed by atoms with Gasteiger partial charge < -0.3 is 14.1 Å². The van der Waals surface area contributed by atoms with E-state index in [1.807, 2.05) is 44.1 Å². The molecule has 0 spiro atoms. The van der Waals surface area contributed by atoms with Crippen LogP contribution in [0, 0.1) is 0 Å². The predicted molar refractivity (Wildman–Crippen MR) is 87.0 cm³/mol. The van der Waals surface area contributed by atoms with Gasteiger partial charge in [-0.05, 0) is 18.6 Å². The van der Waals surface area contributed by atoms with Crippen LogP contribution in [0.5, 0.6) is 5.75 Å². The average molecular weight is 298 g/mol. The highest BCUT2D eigenvalue weighted by molar-refractivity contribution is 5.81. The van der Waals surface area contributed by atoms with Crippen LogP contribution >= 0.6 is 0 Å². The monoisotopic (exact) mass is 298 g/mol. The van der Waals surface area contributed by atoms with Crippen LogP contribution in [-0.4, -0.2) is 25.7 Å². The second-order valence-corrected chi connectivity index (χ2v) is 5.38. The molecule has 0 saturated heterocycles. The summed E-state index contributed by atoms with van der Waals surface area (Å²) in [6.07, 6.45) is 0.863. The van der Waals surface area contributed by atoms with Crippen LogP contribution in [0.3, 0.4) is 0 Å². The fraction of sp³-hybridized carbons (Fsp3) is 0.294. The molecule has 0 unspecified atom stereocenters. The Morgan fingerprint density at radius 3 is 2.77 bits per heavy atom. The number of anilines is 1. The molecule has 0 aromatic heterocycles. The van der Waals surface area contributed by atoms with Gasteiger partial charge in [-0.25, -0.2) is 4.98 Å². The minimum absolute atomic E-state index is 0.146. The zero-order valence-corrected chi connectivity index (χ0v) is 12.9. The Labute approximate surface area is 128 Å². The van der Waals surface area contributed by atoms with E-state index in [-0.39, 0.29) is 5.43 Å². The van der Waals surface area contributed by atoms with Gasteiger partial charge in [0.05, 0.1) is 6.61 Å². The van der Waals surface area contributed by atoms with Crippen molar-refractivity contribution in [2.45, 2.75) is 13.3 Å². The third-order valence-corrected chi connectivity index (χ3v) is 3.39. The number of rotatable bonds is 4. The highest BCUT2D eigenvalue weighted by Crippen LogP contribution is 2.32. The zero-order valence-electron chi connectivity index (χ0n) is 12.9. The van der Waals surface area contributed by atoms with Gasteiger partial charge in [0, 0.05) is 38.0 Å². The quantitative estimate of drug-likeness (QED) is 0.693. The maximum atomic E-state index is 11.8. The van der Waals surface area contributed by atoms with Gasteiger partial charge >= 0.3 is 0 Å². The first-order chi connectivity index (χ1) is 10.6.